The average Bonchev–Trinajstić information content (AvgIpc) is 3.24. The second-order valence-corrected chi connectivity index (χ2v) is 12.5. The summed E-state index contributed by atoms with van der Waals surface area (Å²) in [5.74, 6) is -2.01. The van der Waals surface area contributed by atoms with Crippen LogP contribution in [0, 0.1) is 23.7 Å². The van der Waals surface area contributed by atoms with Gasteiger partial charge in [-0.25, -0.2) is 14.6 Å². The van der Waals surface area contributed by atoms with Crippen molar-refractivity contribution in [3.63, 3.8) is 0 Å². The number of rotatable bonds is 8. The van der Waals surface area contributed by atoms with Gasteiger partial charge in [0, 0.05) is 48.2 Å². The number of H-pyrrole nitrogens is 1. The molecule has 228 valence electrons. The molecule has 11 nitrogen and oxygen atoms in total. The van der Waals surface area contributed by atoms with Crippen molar-refractivity contribution in [1.82, 2.24) is 10.3 Å². The van der Waals surface area contributed by atoms with Crippen molar-refractivity contribution in [2.24, 2.45) is 23.7 Å². The van der Waals surface area contributed by atoms with Crippen LogP contribution in [0.4, 0.5) is 0 Å². The van der Waals surface area contributed by atoms with E-state index < -0.39 is 47.9 Å². The lowest BCUT2D eigenvalue weighted by Gasteiger charge is -2.59. The van der Waals surface area contributed by atoms with E-state index in [1.807, 2.05) is 44.3 Å². The van der Waals surface area contributed by atoms with Gasteiger partial charge in [-0.2, -0.15) is 0 Å². The number of methoxy groups -OCH3 is 1. The molecule has 7 rings (SSSR count). The Morgan fingerprint density at radius 2 is 1.90 bits per heavy atom. The number of benzene rings is 1. The molecule has 2 N–H and O–H groups in total. The van der Waals surface area contributed by atoms with Crippen molar-refractivity contribution in [2.45, 2.75) is 95.7 Å². The van der Waals surface area contributed by atoms with Crippen LogP contribution in [0.3, 0.4) is 0 Å². The SMILES string of the molecule is COC(=O)[C@H](Cc1c[nH]c2ccccc12)NC(=O)CCC(=O)O[C@@H]1O[C@@H]2O[C@]3(C)CC[C@H]4[C@H](C)CC[C@@H]([C@H]1C)[C@]24OO3. The van der Waals surface area contributed by atoms with Crippen LogP contribution in [-0.2, 0) is 49.5 Å². The van der Waals surface area contributed by atoms with Crippen LogP contribution in [0.2, 0.25) is 0 Å². The first-order valence-corrected chi connectivity index (χ1v) is 15.0. The van der Waals surface area contributed by atoms with Gasteiger partial charge in [-0.1, -0.05) is 32.0 Å². The minimum Gasteiger partial charge on any atom is -0.467 e. The van der Waals surface area contributed by atoms with Gasteiger partial charge in [0.05, 0.1) is 13.5 Å². The van der Waals surface area contributed by atoms with Gasteiger partial charge in [0.1, 0.15) is 6.04 Å². The first-order chi connectivity index (χ1) is 20.1. The first-order valence-electron chi connectivity index (χ1n) is 15.0. The number of hydrogen-bond donors (Lipinski definition) is 2. The van der Waals surface area contributed by atoms with Crippen LogP contribution >= 0.6 is 0 Å². The van der Waals surface area contributed by atoms with E-state index in [0.717, 1.165) is 35.7 Å². The van der Waals surface area contributed by atoms with E-state index in [0.29, 0.717) is 12.3 Å². The predicted molar refractivity (Wildman–Crippen MR) is 148 cm³/mol. The molecule has 1 aromatic carbocycles. The van der Waals surface area contributed by atoms with E-state index in [-0.39, 0.29) is 37.0 Å². The van der Waals surface area contributed by atoms with Gasteiger partial charge in [0.15, 0.2) is 11.9 Å². The molecule has 0 unspecified atom stereocenters. The molecule has 5 heterocycles. The fraction of sp³-hybridized carbons (Fsp3) is 0.645. The number of aromatic nitrogens is 1. The molecule has 4 aliphatic heterocycles. The third-order valence-corrected chi connectivity index (χ3v) is 9.82. The molecule has 4 saturated heterocycles. The summed E-state index contributed by atoms with van der Waals surface area (Å²) >= 11 is 0. The number of para-hydroxylation sites is 1. The maximum atomic E-state index is 12.9. The Bertz CT molecular complexity index is 1340. The Morgan fingerprint density at radius 1 is 1.10 bits per heavy atom. The average molecular weight is 585 g/mol. The van der Waals surface area contributed by atoms with Gasteiger partial charge in [-0.15, -0.1) is 0 Å². The summed E-state index contributed by atoms with van der Waals surface area (Å²) in [4.78, 5) is 53.4. The number of fused-ring (bicyclic) bond motifs is 3. The summed E-state index contributed by atoms with van der Waals surface area (Å²) in [6.45, 7) is 6.09. The Balaban J connectivity index is 1.07. The van der Waals surface area contributed by atoms with Crippen molar-refractivity contribution in [1.29, 1.82) is 0 Å². The molecular weight excluding hydrogens is 544 g/mol. The highest BCUT2D eigenvalue weighted by molar-refractivity contribution is 5.88. The summed E-state index contributed by atoms with van der Waals surface area (Å²) in [5.41, 5.74) is 1.06. The van der Waals surface area contributed by atoms with Crippen LogP contribution in [0.5, 0.6) is 0 Å². The molecule has 11 heteroatoms. The number of nitrogens with one attached hydrogen (secondary N) is 2. The first kappa shape index (κ1) is 29.1. The number of hydrogen-bond acceptors (Lipinski definition) is 9. The van der Waals surface area contributed by atoms with Gasteiger partial charge in [0.25, 0.3) is 0 Å². The van der Waals surface area contributed by atoms with E-state index in [1.54, 1.807) is 0 Å². The van der Waals surface area contributed by atoms with Gasteiger partial charge in [-0.05, 0) is 49.7 Å². The Kier molecular flexibility index (Phi) is 7.80. The summed E-state index contributed by atoms with van der Waals surface area (Å²) in [6, 6.07) is 6.81. The number of carbonyl (C=O) groups is 3. The molecule has 5 aliphatic rings. The second-order valence-electron chi connectivity index (χ2n) is 12.5. The number of aromatic amines is 1. The third-order valence-electron chi connectivity index (χ3n) is 9.82. The van der Waals surface area contributed by atoms with Crippen molar-refractivity contribution >= 4 is 28.7 Å². The summed E-state index contributed by atoms with van der Waals surface area (Å²) in [5, 5.41) is 3.68. The molecule has 0 radical (unpaired) electrons. The Hall–Kier alpha value is -2.99. The Morgan fingerprint density at radius 3 is 2.71 bits per heavy atom. The van der Waals surface area contributed by atoms with E-state index in [1.165, 1.54) is 7.11 Å². The summed E-state index contributed by atoms with van der Waals surface area (Å²) < 4.78 is 23.3. The van der Waals surface area contributed by atoms with Gasteiger partial charge < -0.3 is 29.2 Å². The number of esters is 2. The maximum absolute atomic E-state index is 12.9. The molecule has 42 heavy (non-hydrogen) atoms. The van der Waals surface area contributed by atoms with Gasteiger partial charge in [-0.3, -0.25) is 9.59 Å². The zero-order chi connectivity index (χ0) is 29.6. The van der Waals surface area contributed by atoms with E-state index in [2.05, 4.69) is 17.2 Å². The number of carbonyl (C=O) groups excluding carboxylic acids is 3. The van der Waals surface area contributed by atoms with E-state index in [9.17, 15) is 14.4 Å². The molecule has 2 aromatic rings. The topological polar surface area (TPSA) is 134 Å². The zero-order valence-electron chi connectivity index (χ0n) is 24.6. The van der Waals surface area contributed by atoms with Crippen molar-refractivity contribution in [3.8, 4) is 0 Å². The number of amides is 1. The molecule has 1 aliphatic carbocycles. The van der Waals surface area contributed by atoms with Crippen LogP contribution < -0.4 is 5.32 Å². The van der Waals surface area contributed by atoms with Crippen LogP contribution in [0.25, 0.3) is 10.9 Å². The molecule has 1 aromatic heterocycles. The fourth-order valence-corrected chi connectivity index (χ4v) is 7.53. The lowest BCUT2D eigenvalue weighted by Crippen LogP contribution is -2.70. The molecule has 1 amide bonds. The zero-order valence-corrected chi connectivity index (χ0v) is 24.6. The lowest BCUT2D eigenvalue weighted by atomic mass is 9.58. The predicted octanol–water partition coefficient (Wildman–Crippen LogP) is 3.90. The molecule has 9 atom stereocenters. The number of ether oxygens (including phenoxy) is 4. The normalized spacial score (nSPS) is 36.0. The highest BCUT2D eigenvalue weighted by Crippen LogP contribution is 2.60. The van der Waals surface area contributed by atoms with E-state index in [4.69, 9.17) is 28.7 Å². The fourth-order valence-electron chi connectivity index (χ4n) is 7.53. The highest BCUT2D eigenvalue weighted by Gasteiger charge is 2.69. The van der Waals surface area contributed by atoms with Crippen LogP contribution in [0.1, 0.15) is 64.9 Å². The van der Waals surface area contributed by atoms with Gasteiger partial charge >= 0.3 is 11.9 Å². The highest BCUT2D eigenvalue weighted by atomic mass is 17.3. The molecular formula is C31H40N2O9. The van der Waals surface area contributed by atoms with Crippen molar-refractivity contribution < 1.29 is 43.1 Å². The summed E-state index contributed by atoms with van der Waals surface area (Å²) in [7, 11) is 1.28. The van der Waals surface area contributed by atoms with E-state index >= 15 is 0 Å². The van der Waals surface area contributed by atoms with Crippen molar-refractivity contribution in [2.75, 3.05) is 7.11 Å². The Labute approximate surface area is 244 Å². The maximum Gasteiger partial charge on any atom is 0.328 e. The largest absolute Gasteiger partial charge is 0.467 e. The quantitative estimate of drug-likeness (QED) is 0.350. The second kappa shape index (κ2) is 11.3. The molecule has 5 fully saturated rings. The minimum atomic E-state index is -0.923. The van der Waals surface area contributed by atoms with Crippen LogP contribution in [-0.4, -0.2) is 59.9 Å². The summed E-state index contributed by atoms with van der Waals surface area (Å²) in [6.07, 6.45) is 3.70. The molecule has 1 saturated carbocycles. The third kappa shape index (κ3) is 5.10. The molecule has 1 spiro atoms. The van der Waals surface area contributed by atoms with Crippen molar-refractivity contribution in [3.05, 3.63) is 36.0 Å². The smallest absolute Gasteiger partial charge is 0.328 e. The monoisotopic (exact) mass is 584 g/mol. The standard InChI is InChI=1S/C31H40N2O9/c1-17-9-10-22-18(2)28(39-29-31(22)21(17)13-14-30(3,40-29)41-42-31)38-26(35)12-11-25(34)33-24(27(36)37-4)15-19-16-32-23-8-6-5-7-20(19)23/h5-8,16-18,21-22,24,28-29,32H,9-15H2,1-4H3,(H,33,34)/t17-,18-,21+,22+,24+,28-,29-,30+,31+/m1/s1. The molecule has 2 bridgehead atoms. The van der Waals surface area contributed by atoms with Gasteiger partial charge in [0.2, 0.25) is 18.0 Å². The lowest BCUT2D eigenvalue weighted by molar-refractivity contribution is -0.576. The minimum absolute atomic E-state index is 0.0199. The van der Waals surface area contributed by atoms with Crippen LogP contribution in [0.15, 0.2) is 30.5 Å².